The number of amides is 2. The second kappa shape index (κ2) is 5.85. The second-order valence-corrected chi connectivity index (χ2v) is 5.94. The minimum atomic E-state index is -0.898. The summed E-state index contributed by atoms with van der Waals surface area (Å²) in [7, 11) is 1.59. The zero-order chi connectivity index (χ0) is 15.6. The maximum Gasteiger partial charge on any atom is 0.249 e. The maximum atomic E-state index is 12.7. The molecule has 1 aliphatic rings. The van der Waals surface area contributed by atoms with E-state index in [1.165, 1.54) is 0 Å². The Morgan fingerprint density at radius 2 is 1.90 bits per heavy atom. The van der Waals surface area contributed by atoms with Gasteiger partial charge in [-0.15, -0.1) is 0 Å². The molecule has 0 radical (unpaired) electrons. The van der Waals surface area contributed by atoms with Gasteiger partial charge in [0.05, 0.1) is 12.6 Å². The summed E-state index contributed by atoms with van der Waals surface area (Å²) in [5, 5.41) is 2.81. The van der Waals surface area contributed by atoms with Gasteiger partial charge in [-0.1, -0.05) is 30.3 Å². The second-order valence-electron chi connectivity index (χ2n) is 5.94. The molecule has 5 nitrogen and oxygen atoms in total. The standard InChI is InChI=1S/C16H22N2O3/c1-11(10-21-4)18-13(12-8-6-5-7-9-12)14(19)17-16(2,3)15(18)20/h5-9,11,13H,10H2,1-4H3,(H,17,19). The van der Waals surface area contributed by atoms with E-state index >= 15 is 0 Å². The summed E-state index contributed by atoms with van der Waals surface area (Å²) in [6, 6.07) is 8.55. The first-order valence-electron chi connectivity index (χ1n) is 7.07. The predicted molar refractivity (Wildman–Crippen MR) is 79.6 cm³/mol. The average molecular weight is 290 g/mol. The van der Waals surface area contributed by atoms with Crippen LogP contribution >= 0.6 is 0 Å². The van der Waals surface area contributed by atoms with Crippen LogP contribution in [0.4, 0.5) is 0 Å². The van der Waals surface area contributed by atoms with Crippen LogP contribution in [-0.4, -0.2) is 42.0 Å². The van der Waals surface area contributed by atoms with E-state index in [-0.39, 0.29) is 17.9 Å². The summed E-state index contributed by atoms with van der Waals surface area (Å²) in [5.41, 5.74) is -0.0912. The van der Waals surface area contributed by atoms with Gasteiger partial charge in [-0.3, -0.25) is 9.59 Å². The van der Waals surface area contributed by atoms with Crippen LogP contribution in [0.5, 0.6) is 0 Å². The molecule has 1 saturated heterocycles. The molecule has 1 aromatic carbocycles. The highest BCUT2D eigenvalue weighted by molar-refractivity contribution is 6.00. The summed E-state index contributed by atoms with van der Waals surface area (Å²) in [6.45, 7) is 5.73. The number of carbonyl (C=O) groups excluding carboxylic acids is 2. The number of hydrogen-bond donors (Lipinski definition) is 1. The number of nitrogens with zero attached hydrogens (tertiary/aromatic N) is 1. The van der Waals surface area contributed by atoms with Crippen molar-refractivity contribution in [1.29, 1.82) is 0 Å². The van der Waals surface area contributed by atoms with E-state index in [1.54, 1.807) is 25.9 Å². The van der Waals surface area contributed by atoms with Crippen molar-refractivity contribution in [3.8, 4) is 0 Å². The minimum absolute atomic E-state index is 0.0968. The smallest absolute Gasteiger partial charge is 0.249 e. The molecule has 21 heavy (non-hydrogen) atoms. The van der Waals surface area contributed by atoms with Gasteiger partial charge in [0.15, 0.2) is 0 Å². The Bertz CT molecular complexity index is 528. The van der Waals surface area contributed by atoms with Gasteiger partial charge in [0.1, 0.15) is 11.6 Å². The van der Waals surface area contributed by atoms with Crippen molar-refractivity contribution < 1.29 is 14.3 Å². The fraction of sp³-hybridized carbons (Fsp3) is 0.500. The summed E-state index contributed by atoms with van der Waals surface area (Å²) < 4.78 is 5.17. The molecular formula is C16H22N2O3. The number of methoxy groups -OCH3 is 1. The first-order valence-corrected chi connectivity index (χ1v) is 7.07. The molecule has 0 aromatic heterocycles. The molecule has 2 unspecified atom stereocenters. The number of carbonyl (C=O) groups is 2. The van der Waals surface area contributed by atoms with Crippen LogP contribution in [-0.2, 0) is 14.3 Å². The number of piperazine rings is 1. The van der Waals surface area contributed by atoms with Crippen LogP contribution in [0.1, 0.15) is 32.4 Å². The summed E-state index contributed by atoms with van der Waals surface area (Å²) >= 11 is 0. The molecule has 5 heteroatoms. The number of rotatable bonds is 4. The molecule has 0 spiro atoms. The Hall–Kier alpha value is -1.88. The molecule has 2 amide bonds. The number of ether oxygens (including phenoxy) is 1. The average Bonchev–Trinajstić information content (AvgIpc) is 2.43. The van der Waals surface area contributed by atoms with Crippen molar-refractivity contribution in [2.75, 3.05) is 13.7 Å². The van der Waals surface area contributed by atoms with E-state index in [0.717, 1.165) is 5.56 Å². The zero-order valence-electron chi connectivity index (χ0n) is 12.9. The van der Waals surface area contributed by atoms with Crippen molar-refractivity contribution in [2.24, 2.45) is 0 Å². The third-order valence-electron chi connectivity index (χ3n) is 3.73. The highest BCUT2D eigenvalue weighted by atomic mass is 16.5. The lowest BCUT2D eigenvalue weighted by atomic mass is 9.92. The summed E-state index contributed by atoms with van der Waals surface area (Å²) in [6.07, 6.45) is 0. The SMILES string of the molecule is COCC(C)N1C(=O)C(C)(C)NC(=O)C1c1ccccc1. The zero-order valence-corrected chi connectivity index (χ0v) is 12.9. The van der Waals surface area contributed by atoms with Gasteiger partial charge >= 0.3 is 0 Å². The monoisotopic (exact) mass is 290 g/mol. The Balaban J connectivity index is 2.44. The van der Waals surface area contributed by atoms with E-state index in [9.17, 15) is 9.59 Å². The minimum Gasteiger partial charge on any atom is -0.383 e. The van der Waals surface area contributed by atoms with Gasteiger partial charge in [0.25, 0.3) is 0 Å². The molecule has 2 atom stereocenters. The van der Waals surface area contributed by atoms with Gasteiger partial charge < -0.3 is 15.0 Å². The first kappa shape index (κ1) is 15.5. The lowest BCUT2D eigenvalue weighted by molar-refractivity contribution is -0.157. The molecule has 1 fully saturated rings. The Morgan fingerprint density at radius 1 is 1.29 bits per heavy atom. The molecule has 2 rings (SSSR count). The molecule has 114 valence electrons. The normalized spacial score (nSPS) is 22.9. The van der Waals surface area contributed by atoms with Crippen LogP contribution in [0.3, 0.4) is 0 Å². The molecule has 1 aliphatic heterocycles. The largest absolute Gasteiger partial charge is 0.383 e. The highest BCUT2D eigenvalue weighted by Gasteiger charge is 2.47. The topological polar surface area (TPSA) is 58.6 Å². The van der Waals surface area contributed by atoms with Crippen LogP contribution in [0.25, 0.3) is 0 Å². The number of hydrogen-bond acceptors (Lipinski definition) is 3. The third kappa shape index (κ3) is 2.93. The highest BCUT2D eigenvalue weighted by Crippen LogP contribution is 2.30. The van der Waals surface area contributed by atoms with Crippen molar-refractivity contribution in [2.45, 2.75) is 38.4 Å². The van der Waals surface area contributed by atoms with Crippen LogP contribution in [0, 0.1) is 0 Å². The Labute approximate surface area is 125 Å². The predicted octanol–water partition coefficient (Wildman–Crippen LogP) is 1.50. The molecule has 1 heterocycles. The lowest BCUT2D eigenvalue weighted by Gasteiger charge is -2.45. The lowest BCUT2D eigenvalue weighted by Crippen LogP contribution is -2.66. The van der Waals surface area contributed by atoms with E-state index in [1.807, 2.05) is 37.3 Å². The molecule has 0 aliphatic carbocycles. The van der Waals surface area contributed by atoms with E-state index in [4.69, 9.17) is 4.74 Å². The van der Waals surface area contributed by atoms with Crippen molar-refractivity contribution in [3.05, 3.63) is 35.9 Å². The fourth-order valence-corrected chi connectivity index (χ4v) is 2.72. The molecular weight excluding hydrogens is 268 g/mol. The van der Waals surface area contributed by atoms with Crippen LogP contribution in [0.15, 0.2) is 30.3 Å². The van der Waals surface area contributed by atoms with Gasteiger partial charge in [-0.2, -0.15) is 0 Å². The van der Waals surface area contributed by atoms with Crippen LogP contribution < -0.4 is 5.32 Å². The van der Waals surface area contributed by atoms with Crippen molar-refractivity contribution >= 4 is 11.8 Å². The van der Waals surface area contributed by atoms with Gasteiger partial charge in [0.2, 0.25) is 11.8 Å². The van der Waals surface area contributed by atoms with Crippen molar-refractivity contribution in [3.63, 3.8) is 0 Å². The van der Waals surface area contributed by atoms with E-state index in [0.29, 0.717) is 6.61 Å². The van der Waals surface area contributed by atoms with Crippen molar-refractivity contribution in [1.82, 2.24) is 10.2 Å². The summed E-state index contributed by atoms with van der Waals surface area (Å²) in [4.78, 5) is 26.9. The molecule has 0 saturated carbocycles. The Kier molecular flexibility index (Phi) is 4.32. The molecule has 0 bridgehead atoms. The van der Waals surface area contributed by atoms with Gasteiger partial charge in [-0.05, 0) is 26.3 Å². The Morgan fingerprint density at radius 3 is 2.48 bits per heavy atom. The van der Waals surface area contributed by atoms with Crippen LogP contribution in [0.2, 0.25) is 0 Å². The van der Waals surface area contributed by atoms with E-state index < -0.39 is 11.6 Å². The number of benzene rings is 1. The first-order chi connectivity index (χ1) is 9.88. The van der Waals surface area contributed by atoms with Gasteiger partial charge in [-0.25, -0.2) is 0 Å². The third-order valence-corrected chi connectivity index (χ3v) is 3.73. The maximum absolute atomic E-state index is 12.7. The van der Waals surface area contributed by atoms with Gasteiger partial charge in [0, 0.05) is 7.11 Å². The van der Waals surface area contributed by atoms with E-state index in [2.05, 4.69) is 5.32 Å². The quantitative estimate of drug-likeness (QED) is 0.914. The summed E-state index contributed by atoms with van der Waals surface area (Å²) in [5.74, 6) is -0.255. The number of nitrogens with one attached hydrogen (secondary N) is 1. The molecule has 1 N–H and O–H groups in total. The fourth-order valence-electron chi connectivity index (χ4n) is 2.72. The molecule has 1 aromatic rings.